The molecular formula is C30H26FNO5. The number of nitrogens with zero attached hydrogens (tertiary/aromatic N) is 1. The number of halogens is 1. The second-order valence-electron chi connectivity index (χ2n) is 9.60. The Bertz CT molecular complexity index is 1570. The van der Waals surface area contributed by atoms with Crippen molar-refractivity contribution in [1.82, 2.24) is 0 Å². The smallest absolute Gasteiger partial charge is 0.295 e. The van der Waals surface area contributed by atoms with Crippen LogP contribution in [0.2, 0.25) is 0 Å². The Kier molecular flexibility index (Phi) is 6.38. The van der Waals surface area contributed by atoms with E-state index >= 15 is 0 Å². The van der Waals surface area contributed by atoms with Gasteiger partial charge in [-0.2, -0.15) is 0 Å². The SMILES string of the molecule is CC(=O)c1ccc(N2C(=O)c3oc4ccc(F)cc4c(=O)c3C2c2cccc(OCCC(C)C)c2)cc1. The van der Waals surface area contributed by atoms with Crippen LogP contribution < -0.4 is 15.1 Å². The van der Waals surface area contributed by atoms with Crippen molar-refractivity contribution in [3.05, 3.63) is 105 Å². The van der Waals surface area contributed by atoms with E-state index in [4.69, 9.17) is 9.15 Å². The Morgan fingerprint density at radius 1 is 1.05 bits per heavy atom. The third kappa shape index (κ3) is 4.53. The second kappa shape index (κ2) is 9.65. The standard InChI is InChI=1S/C30H26FNO5/c1-17(2)13-14-36-23-6-4-5-20(15-23)27-26-28(34)24-16-21(31)9-12-25(24)37-29(26)30(35)32(27)22-10-7-19(8-11-22)18(3)33/h4-12,15-17,27H,13-14H2,1-3H3. The number of ether oxygens (including phenoxy) is 1. The first-order valence-corrected chi connectivity index (χ1v) is 12.2. The van der Waals surface area contributed by atoms with Gasteiger partial charge in [-0.1, -0.05) is 26.0 Å². The largest absolute Gasteiger partial charge is 0.494 e. The van der Waals surface area contributed by atoms with Crippen molar-refractivity contribution in [1.29, 1.82) is 0 Å². The normalized spacial score (nSPS) is 14.9. The van der Waals surface area contributed by atoms with Crippen LogP contribution in [0.25, 0.3) is 11.0 Å². The molecule has 0 bridgehead atoms. The van der Waals surface area contributed by atoms with E-state index in [0.29, 0.717) is 35.1 Å². The monoisotopic (exact) mass is 499 g/mol. The van der Waals surface area contributed by atoms with Gasteiger partial charge in [-0.05, 0) is 79.4 Å². The molecule has 0 aliphatic carbocycles. The molecule has 1 aliphatic heterocycles. The maximum Gasteiger partial charge on any atom is 0.295 e. The summed E-state index contributed by atoms with van der Waals surface area (Å²) in [7, 11) is 0. The van der Waals surface area contributed by atoms with E-state index in [-0.39, 0.29) is 28.1 Å². The van der Waals surface area contributed by atoms with Gasteiger partial charge < -0.3 is 9.15 Å². The lowest BCUT2D eigenvalue weighted by Crippen LogP contribution is -2.29. The highest BCUT2D eigenvalue weighted by molar-refractivity contribution is 6.11. The molecule has 5 rings (SSSR count). The Balaban J connectivity index is 1.67. The molecule has 37 heavy (non-hydrogen) atoms. The lowest BCUT2D eigenvalue weighted by atomic mass is 9.98. The molecule has 6 nitrogen and oxygen atoms in total. The average molecular weight is 500 g/mol. The van der Waals surface area contributed by atoms with Gasteiger partial charge in [-0.3, -0.25) is 19.3 Å². The molecule has 0 spiro atoms. The van der Waals surface area contributed by atoms with Crippen LogP contribution in [0.5, 0.6) is 5.75 Å². The van der Waals surface area contributed by atoms with Crippen LogP contribution >= 0.6 is 0 Å². The second-order valence-corrected chi connectivity index (χ2v) is 9.60. The number of rotatable bonds is 7. The Hall–Kier alpha value is -4.26. The zero-order valence-electron chi connectivity index (χ0n) is 20.8. The number of carbonyl (C=O) groups excluding carboxylic acids is 2. The van der Waals surface area contributed by atoms with Gasteiger partial charge >= 0.3 is 0 Å². The van der Waals surface area contributed by atoms with Crippen LogP contribution in [0.3, 0.4) is 0 Å². The molecule has 0 radical (unpaired) electrons. The molecule has 0 N–H and O–H groups in total. The molecule has 0 saturated heterocycles. The number of carbonyl (C=O) groups is 2. The maximum atomic E-state index is 14.0. The first-order chi connectivity index (χ1) is 17.7. The number of hydrogen-bond acceptors (Lipinski definition) is 5. The molecule has 1 amide bonds. The van der Waals surface area contributed by atoms with Crippen molar-refractivity contribution in [3.8, 4) is 5.75 Å². The lowest BCUT2D eigenvalue weighted by Gasteiger charge is -2.25. The zero-order valence-corrected chi connectivity index (χ0v) is 20.8. The van der Waals surface area contributed by atoms with Crippen molar-refractivity contribution in [2.75, 3.05) is 11.5 Å². The minimum Gasteiger partial charge on any atom is -0.494 e. The molecule has 1 aliphatic rings. The Labute approximate surface area is 213 Å². The quantitative estimate of drug-likeness (QED) is 0.279. The van der Waals surface area contributed by atoms with E-state index in [1.807, 2.05) is 18.2 Å². The highest BCUT2D eigenvalue weighted by Gasteiger charge is 2.43. The van der Waals surface area contributed by atoms with Crippen LogP contribution in [-0.2, 0) is 0 Å². The van der Waals surface area contributed by atoms with Gasteiger partial charge in [0, 0.05) is 11.3 Å². The minimum atomic E-state index is -0.830. The fraction of sp³-hybridized carbons (Fsp3) is 0.233. The van der Waals surface area contributed by atoms with E-state index in [1.54, 1.807) is 30.3 Å². The summed E-state index contributed by atoms with van der Waals surface area (Å²) in [6.45, 7) is 6.22. The van der Waals surface area contributed by atoms with Gasteiger partial charge in [0.15, 0.2) is 11.2 Å². The van der Waals surface area contributed by atoms with E-state index in [0.717, 1.165) is 12.5 Å². The number of Topliss-reactive ketones (excluding diaryl/α,β-unsaturated/α-hetero) is 1. The average Bonchev–Trinajstić information content (AvgIpc) is 3.17. The van der Waals surface area contributed by atoms with E-state index in [1.165, 1.54) is 24.0 Å². The van der Waals surface area contributed by atoms with Crippen molar-refractivity contribution in [2.24, 2.45) is 5.92 Å². The lowest BCUT2D eigenvalue weighted by molar-refractivity contribution is 0.0970. The summed E-state index contributed by atoms with van der Waals surface area (Å²) in [6.07, 6.45) is 0.880. The molecule has 4 aromatic rings. The number of amides is 1. The van der Waals surface area contributed by atoms with Crippen LogP contribution in [-0.4, -0.2) is 18.3 Å². The van der Waals surface area contributed by atoms with E-state index in [2.05, 4.69) is 13.8 Å². The summed E-state index contributed by atoms with van der Waals surface area (Å²) in [4.78, 5) is 40.7. The molecule has 7 heteroatoms. The fourth-order valence-electron chi connectivity index (χ4n) is 4.57. The molecule has 0 fully saturated rings. The fourth-order valence-corrected chi connectivity index (χ4v) is 4.57. The van der Waals surface area contributed by atoms with Crippen molar-refractivity contribution in [3.63, 3.8) is 0 Å². The Morgan fingerprint density at radius 3 is 2.51 bits per heavy atom. The minimum absolute atomic E-state index is 0.0645. The highest BCUT2D eigenvalue weighted by atomic mass is 19.1. The molecule has 1 aromatic heterocycles. The highest BCUT2D eigenvalue weighted by Crippen LogP contribution is 2.42. The predicted molar refractivity (Wildman–Crippen MR) is 139 cm³/mol. The predicted octanol–water partition coefficient (Wildman–Crippen LogP) is 6.31. The third-order valence-corrected chi connectivity index (χ3v) is 6.52. The van der Waals surface area contributed by atoms with Crippen LogP contribution in [0, 0.1) is 11.7 Å². The zero-order chi connectivity index (χ0) is 26.3. The molecule has 0 saturated carbocycles. The van der Waals surface area contributed by atoms with Gasteiger partial charge in [-0.15, -0.1) is 0 Å². The summed E-state index contributed by atoms with van der Waals surface area (Å²) in [5.41, 5.74) is 1.44. The molecule has 1 unspecified atom stereocenters. The first-order valence-electron chi connectivity index (χ1n) is 12.2. The number of anilines is 1. The van der Waals surface area contributed by atoms with Gasteiger partial charge in [0.2, 0.25) is 5.76 Å². The molecule has 2 heterocycles. The number of fused-ring (bicyclic) bond motifs is 2. The summed E-state index contributed by atoms with van der Waals surface area (Å²) in [6, 6.07) is 16.7. The Morgan fingerprint density at radius 2 is 1.81 bits per heavy atom. The van der Waals surface area contributed by atoms with Crippen LogP contribution in [0.15, 0.2) is 75.9 Å². The number of ketones is 1. The summed E-state index contributed by atoms with van der Waals surface area (Å²) < 4.78 is 25.9. The van der Waals surface area contributed by atoms with E-state index < -0.39 is 23.2 Å². The summed E-state index contributed by atoms with van der Waals surface area (Å²) >= 11 is 0. The van der Waals surface area contributed by atoms with Crippen molar-refractivity contribution in [2.45, 2.75) is 33.2 Å². The molecule has 1 atom stereocenters. The summed E-state index contributed by atoms with van der Waals surface area (Å²) in [5.74, 6) is -0.161. The van der Waals surface area contributed by atoms with Gasteiger partial charge in [0.05, 0.1) is 23.6 Å². The van der Waals surface area contributed by atoms with Gasteiger partial charge in [0.25, 0.3) is 5.91 Å². The topological polar surface area (TPSA) is 76.8 Å². The molecular weight excluding hydrogens is 473 g/mol. The maximum absolute atomic E-state index is 14.0. The van der Waals surface area contributed by atoms with Crippen LogP contribution in [0.1, 0.15) is 65.3 Å². The third-order valence-electron chi connectivity index (χ3n) is 6.52. The molecule has 188 valence electrons. The van der Waals surface area contributed by atoms with E-state index in [9.17, 15) is 18.8 Å². The van der Waals surface area contributed by atoms with Crippen LogP contribution in [0.4, 0.5) is 10.1 Å². The van der Waals surface area contributed by atoms with Gasteiger partial charge in [-0.25, -0.2) is 4.39 Å². The van der Waals surface area contributed by atoms with Gasteiger partial charge in [0.1, 0.15) is 17.1 Å². The first kappa shape index (κ1) is 24.4. The molecule has 3 aromatic carbocycles. The summed E-state index contributed by atoms with van der Waals surface area (Å²) in [5, 5.41) is 0.0645. The van der Waals surface area contributed by atoms with Crippen molar-refractivity contribution >= 4 is 28.3 Å². The number of benzene rings is 3. The number of hydrogen-bond donors (Lipinski definition) is 0. The van der Waals surface area contributed by atoms with Crippen molar-refractivity contribution < 1.29 is 23.1 Å².